The van der Waals surface area contributed by atoms with Crippen LogP contribution < -0.4 is 21.8 Å². The minimum atomic E-state index is -0.522. The number of benzene rings is 1. The number of hydrogen-bond donors (Lipinski definition) is 4. The largest absolute Gasteiger partial charge is 0.493 e. The maximum atomic E-state index is 13.4. The summed E-state index contributed by atoms with van der Waals surface area (Å²) in [7, 11) is 0. The molecule has 11 heteroatoms. The van der Waals surface area contributed by atoms with Gasteiger partial charge in [0.2, 0.25) is 11.8 Å². The van der Waals surface area contributed by atoms with Crippen LogP contribution in [0.1, 0.15) is 24.1 Å². The molecule has 5 rings (SSSR count). The van der Waals surface area contributed by atoms with Crippen molar-refractivity contribution in [2.24, 2.45) is 4.99 Å². The number of fused-ring (bicyclic) bond motifs is 1. The predicted molar refractivity (Wildman–Crippen MR) is 105 cm³/mol. The van der Waals surface area contributed by atoms with Crippen LogP contribution in [0, 0.1) is 5.82 Å². The molecule has 0 spiro atoms. The molecule has 152 valence electrons. The van der Waals surface area contributed by atoms with Crippen molar-refractivity contribution in [2.75, 3.05) is 5.32 Å². The molecule has 0 amide bonds. The Balaban J connectivity index is 1.59. The average molecular weight is 408 g/mol. The molecule has 1 aliphatic rings. The van der Waals surface area contributed by atoms with Crippen molar-refractivity contribution in [3.63, 3.8) is 0 Å². The molecular formula is C19H17FN8O2. The van der Waals surface area contributed by atoms with Crippen LogP contribution in [0.25, 0.3) is 11.7 Å². The van der Waals surface area contributed by atoms with Gasteiger partial charge in [0.1, 0.15) is 11.5 Å². The van der Waals surface area contributed by atoms with Crippen LogP contribution in [-0.4, -0.2) is 40.7 Å². The molecule has 0 atom stereocenters. The Kier molecular flexibility index (Phi) is 4.27. The first-order chi connectivity index (χ1) is 14.5. The fraction of sp³-hybridized carbons (Fsp3) is 0.211. The van der Waals surface area contributed by atoms with Crippen molar-refractivity contribution < 1.29 is 9.50 Å². The molecule has 0 radical (unpaired) electrons. The number of nitrogens with one attached hydrogen (secondary N) is 3. The summed E-state index contributed by atoms with van der Waals surface area (Å²) in [6, 6.07) is 6.46. The maximum absolute atomic E-state index is 13.4. The summed E-state index contributed by atoms with van der Waals surface area (Å²) in [5, 5.41) is 17.8. The van der Waals surface area contributed by atoms with E-state index in [4.69, 9.17) is 0 Å². The third-order valence-electron chi connectivity index (χ3n) is 4.60. The number of hydrogen-bond acceptors (Lipinski definition) is 7. The van der Waals surface area contributed by atoms with Gasteiger partial charge in [-0.25, -0.2) is 14.2 Å². The van der Waals surface area contributed by atoms with E-state index >= 15 is 0 Å². The lowest BCUT2D eigenvalue weighted by atomic mass is 10.2. The Morgan fingerprint density at radius 3 is 2.93 bits per heavy atom. The highest BCUT2D eigenvalue weighted by atomic mass is 19.1. The Morgan fingerprint density at radius 1 is 1.33 bits per heavy atom. The van der Waals surface area contributed by atoms with Crippen molar-refractivity contribution >= 4 is 17.7 Å². The summed E-state index contributed by atoms with van der Waals surface area (Å²) in [6.07, 6.45) is 5.10. The van der Waals surface area contributed by atoms with Crippen LogP contribution in [0.15, 0.2) is 40.2 Å². The van der Waals surface area contributed by atoms with E-state index in [2.05, 4.69) is 35.3 Å². The van der Waals surface area contributed by atoms with Gasteiger partial charge in [0, 0.05) is 11.8 Å². The van der Waals surface area contributed by atoms with E-state index < -0.39 is 5.69 Å². The number of anilines is 1. The standard InChI is InChI=1S/C19H17FN8O2/c20-12-3-1-2-10(6-12)8-21-17-25-15-11(7-14-16(29)26-19(30)24-14)9-22-28(15)18(27-17)23-13-4-5-13/h1-3,6-7,9,13,29H,4-5,8H2,(H,21,23,27)(H2,24,26,30). The zero-order chi connectivity index (χ0) is 20.7. The zero-order valence-corrected chi connectivity index (χ0v) is 15.6. The van der Waals surface area contributed by atoms with Crippen LogP contribution in [0.3, 0.4) is 0 Å². The van der Waals surface area contributed by atoms with Crippen LogP contribution in [-0.2, 0) is 6.54 Å². The van der Waals surface area contributed by atoms with Crippen molar-refractivity contribution in [3.05, 3.63) is 68.9 Å². The van der Waals surface area contributed by atoms with E-state index in [-0.39, 0.29) is 23.4 Å². The topological polar surface area (TPSA) is 136 Å². The van der Waals surface area contributed by atoms with Crippen molar-refractivity contribution in [2.45, 2.75) is 25.4 Å². The van der Waals surface area contributed by atoms with Gasteiger partial charge < -0.3 is 15.4 Å². The lowest BCUT2D eigenvalue weighted by Crippen LogP contribution is -2.24. The zero-order valence-electron chi connectivity index (χ0n) is 15.6. The number of aromatic amines is 2. The molecule has 3 aromatic heterocycles. The second-order valence-electron chi connectivity index (χ2n) is 7.01. The van der Waals surface area contributed by atoms with Crippen molar-refractivity contribution in [3.8, 4) is 5.88 Å². The molecule has 1 aliphatic carbocycles. The molecule has 30 heavy (non-hydrogen) atoms. The highest BCUT2D eigenvalue weighted by Gasteiger charge is 2.21. The Labute approximate surface area is 167 Å². The van der Waals surface area contributed by atoms with E-state index in [9.17, 15) is 14.3 Å². The molecule has 3 heterocycles. The lowest BCUT2D eigenvalue weighted by molar-refractivity contribution is 0.454. The molecule has 0 saturated heterocycles. The Hall–Kier alpha value is -4.02. The summed E-state index contributed by atoms with van der Waals surface area (Å²) in [4.78, 5) is 29.7. The van der Waals surface area contributed by atoms with Crippen LogP contribution in [0.2, 0.25) is 0 Å². The van der Waals surface area contributed by atoms with E-state index in [1.54, 1.807) is 24.4 Å². The number of H-pyrrole nitrogens is 2. The highest BCUT2D eigenvalue weighted by Crippen LogP contribution is 2.22. The second-order valence-corrected chi connectivity index (χ2v) is 7.01. The fourth-order valence-electron chi connectivity index (χ4n) is 2.99. The van der Waals surface area contributed by atoms with E-state index in [0.717, 1.165) is 18.4 Å². The minimum Gasteiger partial charge on any atom is -0.493 e. The quantitative estimate of drug-likeness (QED) is 0.373. The molecule has 1 saturated carbocycles. The first kappa shape index (κ1) is 18.0. The van der Waals surface area contributed by atoms with Crippen LogP contribution in [0.4, 0.5) is 10.3 Å². The van der Waals surface area contributed by atoms with Crippen molar-refractivity contribution in [1.82, 2.24) is 29.5 Å². The molecule has 1 aromatic carbocycles. The molecule has 4 N–H and O–H groups in total. The third-order valence-corrected chi connectivity index (χ3v) is 4.60. The van der Waals surface area contributed by atoms with Gasteiger partial charge in [-0.2, -0.15) is 19.6 Å². The number of rotatable bonds is 5. The maximum Gasteiger partial charge on any atom is 0.326 e. The van der Waals surface area contributed by atoms with Crippen LogP contribution in [0.5, 0.6) is 5.88 Å². The van der Waals surface area contributed by atoms with E-state index in [1.807, 2.05) is 0 Å². The highest BCUT2D eigenvalue weighted by molar-refractivity contribution is 5.57. The monoisotopic (exact) mass is 408 g/mol. The Morgan fingerprint density at radius 2 is 2.20 bits per heavy atom. The van der Waals surface area contributed by atoms with Gasteiger partial charge in [0.15, 0.2) is 5.65 Å². The predicted octanol–water partition coefficient (Wildman–Crippen LogP) is 0.208. The van der Waals surface area contributed by atoms with Gasteiger partial charge in [-0.1, -0.05) is 12.1 Å². The molecular weight excluding hydrogens is 391 g/mol. The summed E-state index contributed by atoms with van der Waals surface area (Å²) >= 11 is 0. The third kappa shape index (κ3) is 3.64. The average Bonchev–Trinajstić information content (AvgIpc) is 3.35. The summed E-state index contributed by atoms with van der Waals surface area (Å²) in [5.74, 6) is -0.281. The van der Waals surface area contributed by atoms with Gasteiger partial charge in [0.05, 0.1) is 12.2 Å². The first-order valence-electron chi connectivity index (χ1n) is 9.36. The summed E-state index contributed by atoms with van der Waals surface area (Å²) in [6.45, 7) is 0.329. The number of nitrogens with zero attached hydrogens (tertiary/aromatic N) is 5. The van der Waals surface area contributed by atoms with E-state index in [1.165, 1.54) is 16.6 Å². The number of aromatic nitrogens is 6. The smallest absolute Gasteiger partial charge is 0.326 e. The molecule has 10 nitrogen and oxygen atoms in total. The molecule has 0 bridgehead atoms. The number of aromatic hydroxyl groups is 1. The van der Waals surface area contributed by atoms with Gasteiger partial charge in [-0.05, 0) is 36.6 Å². The number of imidazole rings is 1. The molecule has 0 aliphatic heterocycles. The Bertz CT molecular complexity index is 1420. The van der Waals surface area contributed by atoms with Gasteiger partial charge >= 0.3 is 5.69 Å². The second kappa shape index (κ2) is 7.10. The first-order valence-corrected chi connectivity index (χ1v) is 9.36. The summed E-state index contributed by atoms with van der Waals surface area (Å²) < 4.78 is 14.9. The fourth-order valence-corrected chi connectivity index (χ4v) is 2.99. The van der Waals surface area contributed by atoms with Gasteiger partial charge in [-0.3, -0.25) is 4.98 Å². The summed E-state index contributed by atoms with van der Waals surface area (Å²) in [5.41, 5.74) is 1.28. The molecule has 1 fully saturated rings. The SMILES string of the molecule is O=c1[nH]c(O)c(C=c2cnn3c(=NC4CC4)nc(NCc4cccc(F)c4)nc23)[nH]1. The van der Waals surface area contributed by atoms with Crippen molar-refractivity contribution in [1.29, 1.82) is 0 Å². The molecule has 0 unspecified atom stereocenters. The van der Waals surface area contributed by atoms with E-state index in [0.29, 0.717) is 29.0 Å². The normalized spacial score (nSPS) is 15.2. The van der Waals surface area contributed by atoms with Gasteiger partial charge in [-0.15, -0.1) is 0 Å². The number of halogens is 1. The van der Waals surface area contributed by atoms with Gasteiger partial charge in [0.25, 0.3) is 5.62 Å². The minimum absolute atomic E-state index is 0.209. The lowest BCUT2D eigenvalue weighted by Gasteiger charge is -2.05. The van der Waals surface area contributed by atoms with Crippen LogP contribution >= 0.6 is 0 Å². The molecule has 4 aromatic rings.